The highest BCUT2D eigenvalue weighted by molar-refractivity contribution is 5.79. The number of rotatable bonds is 19. The summed E-state index contributed by atoms with van der Waals surface area (Å²) in [6.07, 6.45) is 11.1. The Balaban J connectivity index is 1.70. The van der Waals surface area contributed by atoms with Gasteiger partial charge in [-0.3, -0.25) is 9.69 Å². The Labute approximate surface area is 244 Å². The van der Waals surface area contributed by atoms with Crippen LogP contribution < -0.4 is 5.32 Å². The van der Waals surface area contributed by atoms with Gasteiger partial charge in [-0.15, -0.1) is 0 Å². The van der Waals surface area contributed by atoms with Crippen LogP contribution in [0.5, 0.6) is 0 Å². The number of piperidine rings is 1. The first-order valence-electron chi connectivity index (χ1n) is 16.1. The van der Waals surface area contributed by atoms with E-state index in [9.17, 15) is 4.79 Å². The Morgan fingerprint density at radius 2 is 1.70 bits per heavy atom. The van der Waals surface area contributed by atoms with E-state index in [1.165, 1.54) is 63.4 Å². The Kier molecular flexibility index (Phi) is 14.3. The summed E-state index contributed by atoms with van der Waals surface area (Å²) in [4.78, 5) is 21.7. The highest BCUT2D eigenvalue weighted by Gasteiger charge is 2.15. The maximum atomic E-state index is 11.4. The van der Waals surface area contributed by atoms with Gasteiger partial charge in [-0.1, -0.05) is 46.6 Å². The fourth-order valence-electron chi connectivity index (χ4n) is 5.55. The smallest absolute Gasteiger partial charge is 0.305 e. The summed E-state index contributed by atoms with van der Waals surface area (Å²) >= 11 is 0. The second kappa shape index (κ2) is 17.6. The van der Waals surface area contributed by atoms with E-state index in [1.54, 1.807) is 0 Å². The third-order valence-corrected chi connectivity index (χ3v) is 8.14. The van der Waals surface area contributed by atoms with Gasteiger partial charge in [0, 0.05) is 26.1 Å². The lowest BCUT2D eigenvalue weighted by Crippen LogP contribution is -2.31. The van der Waals surface area contributed by atoms with Crippen molar-refractivity contribution in [3.05, 3.63) is 23.8 Å². The van der Waals surface area contributed by atoms with Crippen molar-refractivity contribution in [1.29, 1.82) is 0 Å². The molecule has 0 unspecified atom stereocenters. The molecule has 7 heteroatoms. The fourth-order valence-corrected chi connectivity index (χ4v) is 5.55. The number of carbonyl (C=O) groups excluding carboxylic acids is 1. The Hall–Kier alpha value is -2.12. The van der Waals surface area contributed by atoms with E-state index < -0.39 is 0 Å². The molecule has 2 heterocycles. The monoisotopic (exact) mass is 555 g/mol. The highest BCUT2D eigenvalue weighted by Crippen LogP contribution is 2.24. The van der Waals surface area contributed by atoms with Crippen molar-refractivity contribution in [2.75, 3.05) is 51.7 Å². The predicted octanol–water partition coefficient (Wildman–Crippen LogP) is 6.95. The molecule has 2 aromatic rings. The second-order valence-corrected chi connectivity index (χ2v) is 12.6. The van der Waals surface area contributed by atoms with Crippen molar-refractivity contribution in [3.63, 3.8) is 0 Å². The molecule has 0 atom stereocenters. The lowest BCUT2D eigenvalue weighted by molar-refractivity contribution is -0.140. The molecule has 0 amide bonds. The average Bonchev–Trinajstić information content (AvgIpc) is 3.28. The number of imidazole rings is 1. The van der Waals surface area contributed by atoms with Crippen LogP contribution in [0.4, 0.5) is 5.95 Å². The van der Waals surface area contributed by atoms with E-state index in [-0.39, 0.29) is 5.97 Å². The molecule has 0 radical (unpaired) electrons. The minimum absolute atomic E-state index is 0.119. The summed E-state index contributed by atoms with van der Waals surface area (Å²) in [5.74, 6) is 2.31. The van der Waals surface area contributed by atoms with Crippen LogP contribution in [0.3, 0.4) is 0 Å². The first-order chi connectivity index (χ1) is 19.4. The van der Waals surface area contributed by atoms with E-state index in [2.05, 4.69) is 65.6 Å². The van der Waals surface area contributed by atoms with Crippen molar-refractivity contribution in [2.45, 2.75) is 105 Å². The zero-order valence-electron chi connectivity index (χ0n) is 26.2. The predicted molar refractivity (Wildman–Crippen MR) is 168 cm³/mol. The number of nitrogens with one attached hydrogen (secondary N) is 1. The van der Waals surface area contributed by atoms with E-state index in [1.807, 2.05) is 0 Å². The zero-order chi connectivity index (χ0) is 28.7. The van der Waals surface area contributed by atoms with Gasteiger partial charge in [0.15, 0.2) is 0 Å². The average molecular weight is 556 g/mol. The van der Waals surface area contributed by atoms with Gasteiger partial charge >= 0.3 is 5.97 Å². The Bertz CT molecular complexity index is 984. The van der Waals surface area contributed by atoms with Crippen LogP contribution >= 0.6 is 0 Å². The summed E-state index contributed by atoms with van der Waals surface area (Å²) in [7, 11) is 1.46. The number of fused-ring (bicyclic) bond motifs is 1. The van der Waals surface area contributed by atoms with Gasteiger partial charge in [-0.05, 0) is 107 Å². The summed E-state index contributed by atoms with van der Waals surface area (Å²) in [5, 5.41) is 3.63. The molecule has 1 fully saturated rings. The van der Waals surface area contributed by atoms with Crippen molar-refractivity contribution < 1.29 is 9.53 Å². The van der Waals surface area contributed by atoms with Crippen LogP contribution in [0.25, 0.3) is 11.0 Å². The number of likely N-dealkylation sites (tertiary alicyclic amines) is 1. The second-order valence-electron chi connectivity index (χ2n) is 12.6. The number of carbonyl (C=O) groups is 1. The molecule has 3 rings (SSSR count). The minimum atomic E-state index is -0.119. The van der Waals surface area contributed by atoms with Gasteiger partial charge in [0.1, 0.15) is 0 Å². The van der Waals surface area contributed by atoms with Crippen molar-refractivity contribution >= 4 is 23.0 Å². The minimum Gasteiger partial charge on any atom is -0.469 e. The van der Waals surface area contributed by atoms with Crippen LogP contribution in [0.2, 0.25) is 0 Å². The third kappa shape index (κ3) is 11.4. The first kappa shape index (κ1) is 32.4. The van der Waals surface area contributed by atoms with Crippen LogP contribution in [0.15, 0.2) is 18.2 Å². The van der Waals surface area contributed by atoms with E-state index in [0.717, 1.165) is 88.3 Å². The topological polar surface area (TPSA) is 62.6 Å². The fraction of sp³-hybridized carbons (Fsp3) is 0.758. The number of unbranched alkanes of at least 4 members (excludes halogenated alkanes) is 2. The summed E-state index contributed by atoms with van der Waals surface area (Å²) in [5.41, 5.74) is 3.70. The molecular weight excluding hydrogens is 498 g/mol. The van der Waals surface area contributed by atoms with Gasteiger partial charge in [0.05, 0.1) is 18.1 Å². The van der Waals surface area contributed by atoms with Crippen LogP contribution in [-0.2, 0) is 22.6 Å². The molecule has 0 bridgehead atoms. The standard InChI is InChI=1S/C33H57N5O2/c1-27(2)16-23-37(24-17-28(3)4)26-29-14-15-30-31(25-29)38(22-12-21-36-19-10-7-11-20-36)33(35-30)34-18-9-6-8-13-32(39)40-5/h14-15,25,27-28H,6-13,16-24,26H2,1-5H3,(H,34,35). The van der Waals surface area contributed by atoms with E-state index >= 15 is 0 Å². The number of hydrogen-bond acceptors (Lipinski definition) is 6. The Morgan fingerprint density at radius 1 is 0.975 bits per heavy atom. The van der Waals surface area contributed by atoms with Gasteiger partial charge in [-0.25, -0.2) is 4.98 Å². The van der Waals surface area contributed by atoms with Crippen molar-refractivity contribution in [2.24, 2.45) is 11.8 Å². The molecular formula is C33H57N5O2. The largest absolute Gasteiger partial charge is 0.469 e. The lowest BCUT2D eigenvalue weighted by Gasteiger charge is -2.26. The lowest BCUT2D eigenvalue weighted by atomic mass is 10.1. The molecule has 1 aromatic heterocycles. The molecule has 1 aliphatic heterocycles. The maximum Gasteiger partial charge on any atom is 0.305 e. The quantitative estimate of drug-likeness (QED) is 0.149. The van der Waals surface area contributed by atoms with Gasteiger partial charge < -0.3 is 19.5 Å². The summed E-state index contributed by atoms with van der Waals surface area (Å²) in [6.45, 7) is 18.1. The molecule has 7 nitrogen and oxygen atoms in total. The van der Waals surface area contributed by atoms with Gasteiger partial charge in [0.25, 0.3) is 0 Å². The number of ether oxygens (including phenoxy) is 1. The maximum absolute atomic E-state index is 11.4. The van der Waals surface area contributed by atoms with Crippen LogP contribution in [-0.4, -0.2) is 71.7 Å². The Morgan fingerprint density at radius 3 is 2.38 bits per heavy atom. The number of aromatic nitrogens is 2. The summed E-state index contributed by atoms with van der Waals surface area (Å²) < 4.78 is 7.18. The number of nitrogens with zero attached hydrogens (tertiary/aromatic N) is 4. The molecule has 1 aromatic carbocycles. The van der Waals surface area contributed by atoms with Crippen molar-refractivity contribution in [3.8, 4) is 0 Å². The molecule has 1 N–H and O–H groups in total. The molecule has 40 heavy (non-hydrogen) atoms. The molecule has 0 saturated carbocycles. The van der Waals surface area contributed by atoms with E-state index in [0.29, 0.717) is 6.42 Å². The number of aryl methyl sites for hydroxylation is 1. The molecule has 0 spiro atoms. The number of hydrogen-bond donors (Lipinski definition) is 1. The van der Waals surface area contributed by atoms with Crippen LogP contribution in [0.1, 0.15) is 97.5 Å². The number of benzene rings is 1. The first-order valence-corrected chi connectivity index (χ1v) is 16.1. The number of esters is 1. The SMILES string of the molecule is COC(=O)CCCCCNc1nc2ccc(CN(CCC(C)C)CCC(C)C)cc2n1CCCN1CCCCC1. The van der Waals surface area contributed by atoms with Gasteiger partial charge in [0.2, 0.25) is 5.95 Å². The van der Waals surface area contributed by atoms with Crippen molar-refractivity contribution in [1.82, 2.24) is 19.4 Å². The molecule has 1 saturated heterocycles. The van der Waals surface area contributed by atoms with Gasteiger partial charge in [-0.2, -0.15) is 0 Å². The summed E-state index contributed by atoms with van der Waals surface area (Å²) in [6, 6.07) is 6.89. The number of methoxy groups -OCH3 is 1. The third-order valence-electron chi connectivity index (χ3n) is 8.14. The molecule has 1 aliphatic rings. The normalized spacial score (nSPS) is 14.6. The molecule has 226 valence electrons. The van der Waals surface area contributed by atoms with E-state index in [4.69, 9.17) is 9.72 Å². The van der Waals surface area contributed by atoms with Crippen LogP contribution in [0, 0.1) is 11.8 Å². The highest BCUT2D eigenvalue weighted by atomic mass is 16.5. The molecule has 0 aliphatic carbocycles. The number of anilines is 1. The zero-order valence-corrected chi connectivity index (χ0v) is 26.2.